The minimum Gasteiger partial charge on any atom is -0.508 e. The van der Waals surface area contributed by atoms with E-state index in [4.69, 9.17) is 0 Å². The maximum Gasteiger partial charge on any atom is 0.254 e. The Labute approximate surface area is 134 Å². The lowest BCUT2D eigenvalue weighted by molar-refractivity contribution is 0.0743. The van der Waals surface area contributed by atoms with E-state index in [1.165, 1.54) is 0 Å². The van der Waals surface area contributed by atoms with Gasteiger partial charge < -0.3 is 14.4 Å². The molecule has 0 aliphatic rings. The van der Waals surface area contributed by atoms with Gasteiger partial charge >= 0.3 is 0 Å². The van der Waals surface area contributed by atoms with Crippen LogP contribution in [0.5, 0.6) is 5.75 Å². The van der Waals surface area contributed by atoms with E-state index in [1.54, 1.807) is 35.4 Å². The molecule has 0 saturated heterocycles. The van der Waals surface area contributed by atoms with Gasteiger partial charge in [-0.05, 0) is 43.2 Å². The van der Waals surface area contributed by atoms with Crippen LogP contribution in [0, 0.1) is 0 Å². The number of pyridine rings is 1. The molecule has 2 aromatic heterocycles. The molecule has 2 heterocycles. The monoisotopic (exact) mass is 309 g/mol. The molecule has 1 unspecified atom stereocenters. The molecule has 0 saturated carbocycles. The number of aromatic hydroxyl groups is 1. The van der Waals surface area contributed by atoms with Gasteiger partial charge in [0.15, 0.2) is 0 Å². The van der Waals surface area contributed by atoms with Crippen molar-refractivity contribution in [2.75, 3.05) is 7.05 Å². The number of phenols is 1. The summed E-state index contributed by atoms with van der Waals surface area (Å²) >= 11 is 0. The molecule has 0 fully saturated rings. The van der Waals surface area contributed by atoms with Crippen LogP contribution in [0.4, 0.5) is 0 Å². The lowest BCUT2D eigenvalue weighted by Gasteiger charge is -2.25. The highest BCUT2D eigenvalue weighted by atomic mass is 16.3. The second-order valence-electron chi connectivity index (χ2n) is 5.74. The van der Waals surface area contributed by atoms with Gasteiger partial charge in [0.1, 0.15) is 11.4 Å². The van der Waals surface area contributed by atoms with E-state index in [-0.39, 0.29) is 17.7 Å². The molecule has 5 heteroatoms. The summed E-state index contributed by atoms with van der Waals surface area (Å²) in [5.74, 6) is 0.223. The van der Waals surface area contributed by atoms with Crippen molar-refractivity contribution >= 4 is 11.6 Å². The third kappa shape index (κ3) is 3.18. The van der Waals surface area contributed by atoms with E-state index in [9.17, 15) is 9.90 Å². The largest absolute Gasteiger partial charge is 0.508 e. The average Bonchev–Trinajstić information content (AvgIpc) is 3.03. The van der Waals surface area contributed by atoms with Crippen LogP contribution in [0.1, 0.15) is 22.8 Å². The topological polar surface area (TPSA) is 57.8 Å². The van der Waals surface area contributed by atoms with Gasteiger partial charge in [-0.2, -0.15) is 0 Å². The number of imidazole rings is 1. The number of hydrogen-bond acceptors (Lipinski definition) is 3. The zero-order chi connectivity index (χ0) is 16.4. The Hall–Kier alpha value is -2.82. The van der Waals surface area contributed by atoms with Crippen molar-refractivity contribution in [2.45, 2.75) is 19.4 Å². The predicted octanol–water partition coefficient (Wildman–Crippen LogP) is 2.74. The molecule has 1 N–H and O–H groups in total. The fourth-order valence-corrected chi connectivity index (χ4v) is 2.56. The quantitative estimate of drug-likeness (QED) is 0.806. The minimum atomic E-state index is -0.0261. The maximum absolute atomic E-state index is 12.6. The van der Waals surface area contributed by atoms with Crippen LogP contribution in [0.2, 0.25) is 0 Å². The first-order valence-corrected chi connectivity index (χ1v) is 7.52. The van der Waals surface area contributed by atoms with Crippen LogP contribution in [0.3, 0.4) is 0 Å². The molecule has 3 aromatic rings. The number of carbonyl (C=O) groups is 1. The molecular weight excluding hydrogens is 290 g/mol. The molecular formula is C18H19N3O2. The molecule has 1 amide bonds. The Morgan fingerprint density at radius 1 is 1.26 bits per heavy atom. The SMILES string of the molecule is CC(Cc1ccc(O)cc1)N(C)C(=O)c1ccn2ccnc2c1. The van der Waals surface area contributed by atoms with Gasteiger partial charge in [-0.25, -0.2) is 4.98 Å². The van der Waals surface area contributed by atoms with E-state index >= 15 is 0 Å². The molecule has 1 aromatic carbocycles. The number of carbonyl (C=O) groups excluding carboxylic acids is 1. The summed E-state index contributed by atoms with van der Waals surface area (Å²) < 4.78 is 1.87. The van der Waals surface area contributed by atoms with Gasteiger partial charge in [0, 0.05) is 37.2 Å². The van der Waals surface area contributed by atoms with E-state index in [1.807, 2.05) is 42.9 Å². The number of benzene rings is 1. The summed E-state index contributed by atoms with van der Waals surface area (Å²) in [6, 6.07) is 10.7. The Morgan fingerprint density at radius 3 is 2.74 bits per heavy atom. The standard InChI is InChI=1S/C18H19N3O2/c1-13(11-14-3-5-16(22)6-4-14)20(2)18(23)15-7-9-21-10-8-19-17(21)12-15/h3-10,12-13,22H,11H2,1-2H3. The summed E-state index contributed by atoms with van der Waals surface area (Å²) in [5.41, 5.74) is 2.47. The molecule has 0 aliphatic heterocycles. The number of fused-ring (bicyclic) bond motifs is 1. The maximum atomic E-state index is 12.6. The lowest BCUT2D eigenvalue weighted by Crippen LogP contribution is -2.36. The first-order valence-electron chi connectivity index (χ1n) is 7.52. The highest BCUT2D eigenvalue weighted by Gasteiger charge is 2.18. The van der Waals surface area contributed by atoms with Gasteiger partial charge in [-0.15, -0.1) is 0 Å². The van der Waals surface area contributed by atoms with Crippen molar-refractivity contribution < 1.29 is 9.90 Å². The van der Waals surface area contributed by atoms with Gasteiger partial charge in [0.25, 0.3) is 5.91 Å². The minimum absolute atomic E-state index is 0.0261. The second-order valence-corrected chi connectivity index (χ2v) is 5.74. The molecule has 0 bridgehead atoms. The van der Waals surface area contributed by atoms with Gasteiger partial charge in [0.05, 0.1) is 0 Å². The van der Waals surface area contributed by atoms with Crippen molar-refractivity contribution in [1.29, 1.82) is 0 Å². The van der Waals surface area contributed by atoms with Crippen LogP contribution < -0.4 is 0 Å². The van der Waals surface area contributed by atoms with Crippen molar-refractivity contribution in [3.63, 3.8) is 0 Å². The normalized spacial score (nSPS) is 12.3. The molecule has 5 nitrogen and oxygen atoms in total. The predicted molar refractivity (Wildman–Crippen MR) is 88.6 cm³/mol. The van der Waals surface area contributed by atoms with Crippen LogP contribution in [0.25, 0.3) is 5.65 Å². The fraction of sp³-hybridized carbons (Fsp3) is 0.222. The summed E-state index contributed by atoms with van der Waals surface area (Å²) in [5, 5.41) is 9.33. The fourth-order valence-electron chi connectivity index (χ4n) is 2.56. The molecule has 0 spiro atoms. The second kappa shape index (κ2) is 6.12. The summed E-state index contributed by atoms with van der Waals surface area (Å²) in [7, 11) is 1.81. The zero-order valence-corrected chi connectivity index (χ0v) is 13.2. The van der Waals surface area contributed by atoms with Crippen LogP contribution in [-0.2, 0) is 6.42 Å². The number of aromatic nitrogens is 2. The van der Waals surface area contributed by atoms with Crippen molar-refractivity contribution in [1.82, 2.24) is 14.3 Å². The molecule has 0 aliphatic carbocycles. The van der Waals surface area contributed by atoms with E-state index in [0.29, 0.717) is 5.56 Å². The molecule has 0 radical (unpaired) electrons. The smallest absolute Gasteiger partial charge is 0.254 e. The van der Waals surface area contributed by atoms with Crippen LogP contribution in [0.15, 0.2) is 55.0 Å². The number of likely N-dealkylation sites (N-methyl/N-ethyl adjacent to an activating group) is 1. The van der Waals surface area contributed by atoms with Crippen molar-refractivity contribution in [3.8, 4) is 5.75 Å². The zero-order valence-electron chi connectivity index (χ0n) is 13.2. The lowest BCUT2D eigenvalue weighted by atomic mass is 10.1. The Balaban J connectivity index is 1.73. The Bertz CT molecular complexity index is 824. The van der Waals surface area contributed by atoms with Crippen molar-refractivity contribution in [2.24, 2.45) is 0 Å². The molecule has 3 rings (SSSR count). The van der Waals surface area contributed by atoms with E-state index in [2.05, 4.69) is 4.98 Å². The number of rotatable bonds is 4. The summed E-state index contributed by atoms with van der Waals surface area (Å²) in [6.07, 6.45) is 6.13. The van der Waals surface area contributed by atoms with E-state index < -0.39 is 0 Å². The third-order valence-corrected chi connectivity index (χ3v) is 4.09. The highest BCUT2D eigenvalue weighted by molar-refractivity contribution is 5.95. The number of phenolic OH excluding ortho intramolecular Hbond substituents is 1. The first-order chi connectivity index (χ1) is 11.0. The average molecular weight is 309 g/mol. The first kappa shape index (κ1) is 15.1. The number of amides is 1. The molecule has 1 atom stereocenters. The summed E-state index contributed by atoms with van der Waals surface area (Å²) in [6.45, 7) is 2.01. The molecule has 23 heavy (non-hydrogen) atoms. The van der Waals surface area contributed by atoms with Gasteiger partial charge in [-0.3, -0.25) is 4.79 Å². The summed E-state index contributed by atoms with van der Waals surface area (Å²) in [4.78, 5) is 18.6. The van der Waals surface area contributed by atoms with Crippen LogP contribution >= 0.6 is 0 Å². The Morgan fingerprint density at radius 2 is 2.00 bits per heavy atom. The third-order valence-electron chi connectivity index (χ3n) is 4.09. The number of nitrogens with zero attached hydrogens (tertiary/aromatic N) is 3. The highest BCUT2D eigenvalue weighted by Crippen LogP contribution is 2.15. The number of hydrogen-bond donors (Lipinski definition) is 1. The van der Waals surface area contributed by atoms with Gasteiger partial charge in [-0.1, -0.05) is 12.1 Å². The van der Waals surface area contributed by atoms with Gasteiger partial charge in [0.2, 0.25) is 0 Å². The van der Waals surface area contributed by atoms with Crippen molar-refractivity contribution in [3.05, 3.63) is 66.1 Å². The molecule has 118 valence electrons. The van der Waals surface area contributed by atoms with E-state index in [0.717, 1.165) is 17.6 Å². The Kier molecular flexibility index (Phi) is 4.02. The van der Waals surface area contributed by atoms with Crippen LogP contribution in [-0.4, -0.2) is 38.4 Å².